The van der Waals surface area contributed by atoms with Gasteiger partial charge in [-0.1, -0.05) is 44.5 Å². The fraction of sp³-hybridized carbons (Fsp3) is 0.500. The number of hydrogen-bond donors (Lipinski definition) is 2. The number of carbonyl (C=O) groups is 1. The highest BCUT2D eigenvalue weighted by molar-refractivity contribution is 7.99. The van der Waals surface area contributed by atoms with Crippen LogP contribution in [0.1, 0.15) is 50.7 Å². The number of nitrogens with zero attached hydrogens (tertiary/aromatic N) is 2. The van der Waals surface area contributed by atoms with E-state index in [0.717, 1.165) is 17.7 Å². The average molecular weight is 379 g/mol. The molecule has 1 unspecified atom stereocenters. The monoisotopic (exact) mass is 378 g/mol. The molecule has 136 valence electrons. The van der Waals surface area contributed by atoms with E-state index in [1.165, 1.54) is 18.2 Å². The van der Waals surface area contributed by atoms with Crippen molar-refractivity contribution in [2.24, 2.45) is 5.92 Å². The molecule has 25 heavy (non-hydrogen) atoms. The zero-order chi connectivity index (χ0) is 18.1. The number of thioether (sulfide) groups is 1. The number of aromatic nitrogens is 3. The van der Waals surface area contributed by atoms with E-state index < -0.39 is 0 Å². The van der Waals surface area contributed by atoms with Gasteiger partial charge >= 0.3 is 0 Å². The molecule has 1 atom stereocenters. The van der Waals surface area contributed by atoms with Crippen LogP contribution in [0.15, 0.2) is 22.7 Å². The first-order chi connectivity index (χ1) is 12.0. The van der Waals surface area contributed by atoms with Crippen molar-refractivity contribution in [3.8, 4) is 0 Å². The van der Waals surface area contributed by atoms with E-state index >= 15 is 0 Å². The third-order valence-electron chi connectivity index (χ3n) is 3.59. The Morgan fingerprint density at radius 2 is 2.20 bits per heavy atom. The molecule has 0 saturated heterocycles. The molecule has 5 nitrogen and oxygen atoms in total. The molecule has 2 N–H and O–H groups in total. The Hall–Kier alpha value is -1.60. The summed E-state index contributed by atoms with van der Waals surface area (Å²) in [6, 6.07) is 4.26. The van der Waals surface area contributed by atoms with Crippen molar-refractivity contribution in [2.45, 2.75) is 51.2 Å². The average Bonchev–Trinajstić information content (AvgIpc) is 3.22. The molecule has 0 bridgehead atoms. The third-order valence-corrected chi connectivity index (χ3v) is 5.27. The largest absolute Gasteiger partial charge is 0.353 e. The van der Waals surface area contributed by atoms with Crippen molar-refractivity contribution >= 4 is 41.2 Å². The first-order valence-electron chi connectivity index (χ1n) is 8.59. The van der Waals surface area contributed by atoms with Crippen LogP contribution < -0.4 is 5.32 Å². The molecule has 0 aliphatic heterocycles. The highest BCUT2D eigenvalue weighted by atomic mass is 32.2. The quantitative estimate of drug-likeness (QED) is 0.599. The van der Waals surface area contributed by atoms with Crippen LogP contribution in [0.25, 0.3) is 12.2 Å². The smallest absolute Gasteiger partial charge is 0.230 e. The molecule has 0 spiro atoms. The fourth-order valence-corrected chi connectivity index (χ4v) is 3.53. The van der Waals surface area contributed by atoms with Crippen molar-refractivity contribution in [1.29, 1.82) is 0 Å². The maximum Gasteiger partial charge on any atom is 0.230 e. The summed E-state index contributed by atoms with van der Waals surface area (Å²) >= 11 is 3.02. The third kappa shape index (κ3) is 7.88. The van der Waals surface area contributed by atoms with Crippen molar-refractivity contribution in [3.63, 3.8) is 0 Å². The molecule has 2 aromatic heterocycles. The van der Waals surface area contributed by atoms with Crippen LogP contribution in [-0.4, -0.2) is 32.9 Å². The van der Waals surface area contributed by atoms with Gasteiger partial charge in [0.05, 0.1) is 5.75 Å². The second-order valence-corrected chi connectivity index (χ2v) is 8.36. The van der Waals surface area contributed by atoms with Crippen LogP contribution in [-0.2, 0) is 4.79 Å². The lowest BCUT2D eigenvalue weighted by molar-refractivity contribution is -0.119. The second-order valence-electron chi connectivity index (χ2n) is 6.43. The van der Waals surface area contributed by atoms with Gasteiger partial charge in [-0.25, -0.2) is 4.98 Å². The maximum absolute atomic E-state index is 12.0. The first-order valence-corrected chi connectivity index (χ1v) is 10.5. The van der Waals surface area contributed by atoms with E-state index in [0.29, 0.717) is 22.7 Å². The summed E-state index contributed by atoms with van der Waals surface area (Å²) in [6.45, 7) is 6.50. The fourth-order valence-electron chi connectivity index (χ4n) is 2.30. The number of carbonyl (C=O) groups excluding carboxylic acids is 1. The minimum Gasteiger partial charge on any atom is -0.353 e. The lowest BCUT2D eigenvalue weighted by Crippen LogP contribution is -2.33. The van der Waals surface area contributed by atoms with Gasteiger partial charge in [0.1, 0.15) is 5.82 Å². The SMILES string of the molecule is CC(C)CCCC(C)NC(=O)CSc1n[nH]c(/C=C/c2cccs2)n1. The molecular formula is C18H26N4OS2. The Labute approximate surface area is 157 Å². The number of H-pyrrole nitrogens is 1. The van der Waals surface area contributed by atoms with Crippen LogP contribution in [0.3, 0.4) is 0 Å². The Bertz CT molecular complexity index is 664. The van der Waals surface area contributed by atoms with Crippen LogP contribution in [0.2, 0.25) is 0 Å². The van der Waals surface area contributed by atoms with Crippen molar-refractivity contribution in [1.82, 2.24) is 20.5 Å². The van der Waals surface area contributed by atoms with E-state index in [1.54, 1.807) is 11.3 Å². The molecule has 1 amide bonds. The van der Waals surface area contributed by atoms with Crippen LogP contribution in [0.5, 0.6) is 0 Å². The van der Waals surface area contributed by atoms with E-state index in [-0.39, 0.29) is 11.9 Å². The zero-order valence-corrected chi connectivity index (χ0v) is 16.6. The Balaban J connectivity index is 1.69. The molecule has 2 rings (SSSR count). The molecule has 0 aromatic carbocycles. The Kier molecular flexibility index (Phi) is 8.21. The lowest BCUT2D eigenvalue weighted by atomic mass is 10.0. The summed E-state index contributed by atoms with van der Waals surface area (Å²) in [6.07, 6.45) is 7.25. The Morgan fingerprint density at radius 1 is 1.36 bits per heavy atom. The molecule has 0 radical (unpaired) electrons. The number of rotatable bonds is 10. The molecule has 0 fully saturated rings. The van der Waals surface area contributed by atoms with Gasteiger partial charge in [-0.2, -0.15) is 0 Å². The topological polar surface area (TPSA) is 70.7 Å². The Morgan fingerprint density at radius 3 is 2.92 bits per heavy atom. The van der Waals surface area contributed by atoms with Gasteiger partial charge in [-0.15, -0.1) is 16.4 Å². The molecule has 0 aliphatic carbocycles. The predicted octanol–water partition coefficient (Wildman–Crippen LogP) is 4.46. The summed E-state index contributed by atoms with van der Waals surface area (Å²) in [5, 5.41) is 12.7. The standard InChI is InChI=1S/C18H26N4OS2/c1-13(2)6-4-7-14(3)19-17(23)12-25-18-20-16(21-22-18)10-9-15-8-5-11-24-15/h5,8-11,13-14H,4,6-7,12H2,1-3H3,(H,19,23)(H,20,21,22)/b10-9+. The molecule has 2 aromatic rings. The maximum atomic E-state index is 12.0. The molecule has 0 aliphatic rings. The van der Waals surface area contributed by atoms with Crippen LogP contribution in [0, 0.1) is 5.92 Å². The lowest BCUT2D eigenvalue weighted by Gasteiger charge is -2.14. The van der Waals surface area contributed by atoms with Crippen LogP contribution in [0.4, 0.5) is 0 Å². The summed E-state index contributed by atoms with van der Waals surface area (Å²) in [4.78, 5) is 17.5. The number of nitrogens with one attached hydrogen (secondary N) is 2. The van der Waals surface area contributed by atoms with Crippen molar-refractivity contribution < 1.29 is 4.79 Å². The van der Waals surface area contributed by atoms with Gasteiger partial charge in [-0.3, -0.25) is 9.89 Å². The summed E-state index contributed by atoms with van der Waals surface area (Å²) < 4.78 is 0. The van der Waals surface area contributed by atoms with Crippen molar-refractivity contribution in [3.05, 3.63) is 28.2 Å². The van der Waals surface area contributed by atoms with Gasteiger partial charge in [0.2, 0.25) is 11.1 Å². The summed E-state index contributed by atoms with van der Waals surface area (Å²) in [7, 11) is 0. The van der Waals surface area contributed by atoms with Gasteiger partial charge < -0.3 is 5.32 Å². The van der Waals surface area contributed by atoms with Gasteiger partial charge in [0.25, 0.3) is 0 Å². The van der Waals surface area contributed by atoms with E-state index in [9.17, 15) is 4.79 Å². The normalized spacial score (nSPS) is 12.8. The second kappa shape index (κ2) is 10.4. The molecular weight excluding hydrogens is 352 g/mol. The van der Waals surface area contributed by atoms with Gasteiger partial charge in [-0.05, 0) is 42.9 Å². The number of aromatic amines is 1. The van der Waals surface area contributed by atoms with E-state index in [4.69, 9.17) is 0 Å². The first kappa shape index (κ1) is 19.7. The highest BCUT2D eigenvalue weighted by Crippen LogP contribution is 2.15. The number of thiophene rings is 1. The predicted molar refractivity (Wildman–Crippen MR) is 107 cm³/mol. The number of hydrogen-bond acceptors (Lipinski definition) is 5. The number of amides is 1. The molecule has 7 heteroatoms. The summed E-state index contributed by atoms with van der Waals surface area (Å²) in [5.41, 5.74) is 0. The highest BCUT2D eigenvalue weighted by Gasteiger charge is 2.10. The molecule has 0 saturated carbocycles. The summed E-state index contributed by atoms with van der Waals surface area (Å²) in [5.74, 6) is 1.77. The van der Waals surface area contributed by atoms with E-state index in [1.807, 2.05) is 29.7 Å². The van der Waals surface area contributed by atoms with Gasteiger partial charge in [0.15, 0.2) is 0 Å². The van der Waals surface area contributed by atoms with E-state index in [2.05, 4.69) is 41.3 Å². The van der Waals surface area contributed by atoms with Gasteiger partial charge in [0, 0.05) is 10.9 Å². The minimum absolute atomic E-state index is 0.0301. The zero-order valence-electron chi connectivity index (χ0n) is 15.0. The molecule has 2 heterocycles. The minimum atomic E-state index is 0.0301. The van der Waals surface area contributed by atoms with Crippen LogP contribution >= 0.6 is 23.1 Å². The van der Waals surface area contributed by atoms with Crippen molar-refractivity contribution in [2.75, 3.05) is 5.75 Å².